The van der Waals surface area contributed by atoms with E-state index in [4.69, 9.17) is 9.84 Å². The van der Waals surface area contributed by atoms with Crippen molar-refractivity contribution in [3.8, 4) is 11.5 Å². The molecule has 0 aromatic heterocycles. The molecule has 0 fully saturated rings. The van der Waals surface area contributed by atoms with Crippen molar-refractivity contribution in [1.82, 2.24) is 0 Å². The highest BCUT2D eigenvalue weighted by molar-refractivity contribution is 5.75. The van der Waals surface area contributed by atoms with Crippen molar-refractivity contribution in [3.63, 3.8) is 0 Å². The van der Waals surface area contributed by atoms with Crippen LogP contribution in [-0.4, -0.2) is 16.2 Å². The third-order valence-electron chi connectivity index (χ3n) is 3.09. The van der Waals surface area contributed by atoms with E-state index in [9.17, 15) is 9.90 Å². The number of aliphatic carboxylic acids is 1. The maximum absolute atomic E-state index is 11.0. The van der Waals surface area contributed by atoms with Crippen molar-refractivity contribution in [2.24, 2.45) is 0 Å². The molecule has 0 saturated heterocycles. The van der Waals surface area contributed by atoms with E-state index in [2.05, 4.69) is 0 Å². The average Bonchev–Trinajstić information content (AvgIpc) is 2.46. The summed E-state index contributed by atoms with van der Waals surface area (Å²) < 4.78 is 5.55. The van der Waals surface area contributed by atoms with Crippen LogP contribution >= 0.6 is 0 Å². The molecule has 0 bridgehead atoms. The summed E-state index contributed by atoms with van der Waals surface area (Å²) in [6.07, 6.45) is 0. The quantitative estimate of drug-likeness (QED) is 0.877. The van der Waals surface area contributed by atoms with Crippen LogP contribution in [0.1, 0.15) is 24.0 Å². The standard InChI is InChI=1S/C16H16O4/c1-11(16(18)19)13-7-8-14(17)15(9-13)20-10-12-5-3-2-4-6-12/h2-9,11,17H,10H2,1H3,(H,18,19). The minimum Gasteiger partial charge on any atom is -0.504 e. The van der Waals surface area contributed by atoms with Gasteiger partial charge < -0.3 is 14.9 Å². The number of aromatic hydroxyl groups is 1. The predicted octanol–water partition coefficient (Wildman–Crippen LogP) is 3.16. The highest BCUT2D eigenvalue weighted by Gasteiger charge is 2.15. The molecule has 4 nitrogen and oxygen atoms in total. The van der Waals surface area contributed by atoms with E-state index in [1.165, 1.54) is 6.07 Å². The summed E-state index contributed by atoms with van der Waals surface area (Å²) in [5, 5.41) is 18.8. The van der Waals surface area contributed by atoms with Gasteiger partial charge in [0.2, 0.25) is 0 Å². The first-order chi connectivity index (χ1) is 9.58. The van der Waals surface area contributed by atoms with Crippen LogP contribution in [0.3, 0.4) is 0 Å². The Balaban J connectivity index is 2.15. The summed E-state index contributed by atoms with van der Waals surface area (Å²) in [6.45, 7) is 1.91. The molecule has 2 rings (SSSR count). The van der Waals surface area contributed by atoms with Crippen molar-refractivity contribution in [2.75, 3.05) is 0 Å². The van der Waals surface area contributed by atoms with Crippen LogP contribution in [-0.2, 0) is 11.4 Å². The number of carboxylic acids is 1. The second kappa shape index (κ2) is 6.10. The molecule has 2 aromatic carbocycles. The molecule has 0 spiro atoms. The second-order valence-corrected chi connectivity index (χ2v) is 4.56. The molecule has 0 aliphatic carbocycles. The lowest BCUT2D eigenvalue weighted by atomic mass is 10.0. The number of rotatable bonds is 5. The SMILES string of the molecule is CC(C(=O)O)c1ccc(O)c(OCc2ccccc2)c1. The van der Waals surface area contributed by atoms with Gasteiger partial charge in [-0.3, -0.25) is 4.79 Å². The zero-order valence-corrected chi connectivity index (χ0v) is 11.1. The Bertz CT molecular complexity index is 593. The monoisotopic (exact) mass is 272 g/mol. The second-order valence-electron chi connectivity index (χ2n) is 4.56. The van der Waals surface area contributed by atoms with Gasteiger partial charge in [0.25, 0.3) is 0 Å². The summed E-state index contributed by atoms with van der Waals surface area (Å²) in [5.41, 5.74) is 1.57. The molecule has 4 heteroatoms. The van der Waals surface area contributed by atoms with Gasteiger partial charge in [-0.1, -0.05) is 36.4 Å². The van der Waals surface area contributed by atoms with Gasteiger partial charge in [-0.25, -0.2) is 0 Å². The van der Waals surface area contributed by atoms with E-state index in [1.54, 1.807) is 19.1 Å². The molecular weight excluding hydrogens is 256 g/mol. The molecule has 2 N–H and O–H groups in total. The van der Waals surface area contributed by atoms with Crippen LogP contribution in [0.15, 0.2) is 48.5 Å². The van der Waals surface area contributed by atoms with E-state index >= 15 is 0 Å². The molecule has 20 heavy (non-hydrogen) atoms. The van der Waals surface area contributed by atoms with Gasteiger partial charge in [0.15, 0.2) is 11.5 Å². The number of benzene rings is 2. The molecule has 0 aliphatic heterocycles. The number of ether oxygens (including phenoxy) is 1. The number of phenols is 1. The van der Waals surface area contributed by atoms with Gasteiger partial charge in [0.1, 0.15) is 6.61 Å². The fourth-order valence-electron chi connectivity index (χ4n) is 1.79. The molecule has 0 heterocycles. The predicted molar refractivity (Wildman–Crippen MR) is 74.9 cm³/mol. The van der Waals surface area contributed by atoms with Crippen molar-refractivity contribution >= 4 is 5.97 Å². The van der Waals surface area contributed by atoms with Gasteiger partial charge in [0, 0.05) is 0 Å². The highest BCUT2D eigenvalue weighted by atomic mass is 16.5. The number of hydrogen-bond acceptors (Lipinski definition) is 3. The number of hydrogen-bond donors (Lipinski definition) is 2. The van der Waals surface area contributed by atoms with Crippen LogP contribution in [0.2, 0.25) is 0 Å². The molecule has 0 amide bonds. The number of phenolic OH excluding ortho intramolecular Hbond substituents is 1. The summed E-state index contributed by atoms with van der Waals surface area (Å²) in [5.74, 6) is -1.26. The van der Waals surface area contributed by atoms with Gasteiger partial charge in [-0.05, 0) is 30.2 Å². The van der Waals surface area contributed by atoms with Crippen molar-refractivity contribution in [3.05, 3.63) is 59.7 Å². The van der Waals surface area contributed by atoms with Gasteiger partial charge >= 0.3 is 5.97 Å². The van der Waals surface area contributed by atoms with Crippen molar-refractivity contribution in [1.29, 1.82) is 0 Å². The van der Waals surface area contributed by atoms with Gasteiger partial charge in [-0.2, -0.15) is 0 Å². The largest absolute Gasteiger partial charge is 0.504 e. The van der Waals surface area contributed by atoms with Crippen LogP contribution < -0.4 is 4.74 Å². The van der Waals surface area contributed by atoms with Crippen LogP contribution in [0.5, 0.6) is 11.5 Å². The Hall–Kier alpha value is -2.49. The van der Waals surface area contributed by atoms with E-state index in [0.717, 1.165) is 5.56 Å². The molecule has 0 radical (unpaired) electrons. The Labute approximate surface area is 117 Å². The highest BCUT2D eigenvalue weighted by Crippen LogP contribution is 2.30. The lowest BCUT2D eigenvalue weighted by molar-refractivity contribution is -0.138. The molecule has 2 aromatic rings. The van der Waals surface area contributed by atoms with Crippen LogP contribution in [0, 0.1) is 0 Å². The summed E-state index contributed by atoms with van der Waals surface area (Å²) >= 11 is 0. The van der Waals surface area contributed by atoms with Crippen LogP contribution in [0.25, 0.3) is 0 Å². The first kappa shape index (κ1) is 13.9. The van der Waals surface area contributed by atoms with Crippen molar-refractivity contribution < 1.29 is 19.7 Å². The minimum absolute atomic E-state index is 0.00210. The molecule has 0 aliphatic rings. The summed E-state index contributed by atoms with van der Waals surface area (Å²) in [7, 11) is 0. The fraction of sp³-hybridized carbons (Fsp3) is 0.188. The Kier molecular flexibility index (Phi) is 4.25. The third kappa shape index (κ3) is 3.29. The maximum Gasteiger partial charge on any atom is 0.310 e. The van der Waals surface area contributed by atoms with Gasteiger partial charge in [-0.15, -0.1) is 0 Å². The average molecular weight is 272 g/mol. The van der Waals surface area contributed by atoms with E-state index in [1.807, 2.05) is 30.3 Å². The van der Waals surface area contributed by atoms with E-state index < -0.39 is 11.9 Å². The molecule has 0 saturated carbocycles. The lowest BCUT2D eigenvalue weighted by Gasteiger charge is -2.12. The fourth-order valence-corrected chi connectivity index (χ4v) is 1.79. The van der Waals surface area contributed by atoms with Gasteiger partial charge in [0.05, 0.1) is 5.92 Å². The smallest absolute Gasteiger partial charge is 0.310 e. The normalized spacial score (nSPS) is 11.8. The number of carbonyl (C=O) groups is 1. The minimum atomic E-state index is -0.912. The Morgan fingerprint density at radius 2 is 1.90 bits per heavy atom. The molecule has 104 valence electrons. The maximum atomic E-state index is 11.0. The lowest BCUT2D eigenvalue weighted by Crippen LogP contribution is -2.07. The first-order valence-electron chi connectivity index (χ1n) is 6.30. The van der Waals surface area contributed by atoms with E-state index in [0.29, 0.717) is 17.9 Å². The third-order valence-corrected chi connectivity index (χ3v) is 3.09. The Morgan fingerprint density at radius 1 is 1.20 bits per heavy atom. The zero-order valence-electron chi connectivity index (χ0n) is 11.1. The van der Waals surface area contributed by atoms with Crippen molar-refractivity contribution in [2.45, 2.75) is 19.4 Å². The molecular formula is C16H16O4. The molecule has 1 atom stereocenters. The summed E-state index contributed by atoms with van der Waals surface area (Å²) in [4.78, 5) is 11.0. The zero-order chi connectivity index (χ0) is 14.5. The molecule has 1 unspecified atom stereocenters. The Morgan fingerprint density at radius 3 is 2.55 bits per heavy atom. The topological polar surface area (TPSA) is 66.8 Å². The summed E-state index contributed by atoms with van der Waals surface area (Å²) in [6, 6.07) is 14.2. The number of carboxylic acid groups (broad SMARTS) is 1. The first-order valence-corrected chi connectivity index (χ1v) is 6.30. The van der Waals surface area contributed by atoms with Crippen LogP contribution in [0.4, 0.5) is 0 Å². The van der Waals surface area contributed by atoms with E-state index in [-0.39, 0.29) is 5.75 Å².